The average Bonchev–Trinajstić information content (AvgIpc) is 2.29. The van der Waals surface area contributed by atoms with E-state index in [0.29, 0.717) is 24.5 Å². The smallest absolute Gasteiger partial charge is 0.0638 e. The Balaban J connectivity index is 2.22. The molecule has 0 radical (unpaired) electrons. The van der Waals surface area contributed by atoms with Crippen LogP contribution in [0.2, 0.25) is 0 Å². The molecule has 1 aliphatic rings. The normalized spacial score (nSPS) is 24.7. The van der Waals surface area contributed by atoms with Gasteiger partial charge in [-0.3, -0.25) is 0 Å². The van der Waals surface area contributed by atoms with Crippen LogP contribution >= 0.6 is 0 Å². The molecular weight excluding hydrogens is 202 g/mol. The number of nitrogens with zero attached hydrogens (tertiary/aromatic N) is 1. The van der Waals surface area contributed by atoms with E-state index < -0.39 is 0 Å². The van der Waals surface area contributed by atoms with E-state index in [9.17, 15) is 0 Å². The van der Waals surface area contributed by atoms with E-state index in [1.165, 1.54) is 0 Å². The summed E-state index contributed by atoms with van der Waals surface area (Å²) in [6.45, 7) is 6.87. The second-order valence-electron chi connectivity index (χ2n) is 4.50. The molecule has 1 rings (SSSR count). The molecule has 3 atom stereocenters. The lowest BCUT2D eigenvalue weighted by molar-refractivity contribution is 0.0707. The highest BCUT2D eigenvalue weighted by Gasteiger charge is 2.17. The van der Waals surface area contributed by atoms with Crippen molar-refractivity contribution in [2.75, 3.05) is 19.8 Å². The number of nitriles is 1. The first-order valence-corrected chi connectivity index (χ1v) is 6.20. The Morgan fingerprint density at radius 3 is 3.00 bits per heavy atom. The number of hydrogen-bond donors (Lipinski definition) is 2. The van der Waals surface area contributed by atoms with Crippen molar-refractivity contribution in [3.05, 3.63) is 0 Å². The van der Waals surface area contributed by atoms with Gasteiger partial charge in [0.05, 0.1) is 25.7 Å². The van der Waals surface area contributed by atoms with Crippen molar-refractivity contribution in [2.24, 2.45) is 0 Å². The Labute approximate surface area is 98.4 Å². The van der Waals surface area contributed by atoms with Gasteiger partial charge in [-0.15, -0.1) is 0 Å². The summed E-state index contributed by atoms with van der Waals surface area (Å²) in [4.78, 5) is 0. The predicted molar refractivity (Wildman–Crippen MR) is 64.1 cm³/mol. The SMILES string of the molecule is CCC(CC#N)NC(C)CC1COCCN1. The second-order valence-corrected chi connectivity index (χ2v) is 4.50. The predicted octanol–water partition coefficient (Wildman–Crippen LogP) is 1.04. The molecule has 1 heterocycles. The lowest BCUT2D eigenvalue weighted by Crippen LogP contribution is -2.46. The van der Waals surface area contributed by atoms with Crippen LogP contribution in [0.5, 0.6) is 0 Å². The third kappa shape index (κ3) is 4.93. The summed E-state index contributed by atoms with van der Waals surface area (Å²) in [7, 11) is 0. The van der Waals surface area contributed by atoms with Gasteiger partial charge in [-0.05, 0) is 19.8 Å². The van der Waals surface area contributed by atoms with Crippen LogP contribution in [0.3, 0.4) is 0 Å². The fraction of sp³-hybridized carbons (Fsp3) is 0.917. The van der Waals surface area contributed by atoms with Gasteiger partial charge in [-0.1, -0.05) is 6.92 Å². The minimum atomic E-state index is 0.324. The fourth-order valence-electron chi connectivity index (χ4n) is 2.10. The topological polar surface area (TPSA) is 57.1 Å². The molecule has 0 aromatic carbocycles. The first-order chi connectivity index (χ1) is 7.76. The molecule has 4 nitrogen and oxygen atoms in total. The minimum absolute atomic E-state index is 0.324. The highest BCUT2D eigenvalue weighted by molar-refractivity contribution is 4.83. The van der Waals surface area contributed by atoms with Crippen LogP contribution in [-0.2, 0) is 4.74 Å². The first-order valence-electron chi connectivity index (χ1n) is 6.20. The highest BCUT2D eigenvalue weighted by Crippen LogP contribution is 2.05. The maximum absolute atomic E-state index is 8.68. The summed E-state index contributed by atoms with van der Waals surface area (Å²) in [5, 5.41) is 15.6. The summed E-state index contributed by atoms with van der Waals surface area (Å²) < 4.78 is 5.42. The molecule has 4 heteroatoms. The van der Waals surface area contributed by atoms with Crippen LogP contribution in [0.1, 0.15) is 33.1 Å². The van der Waals surface area contributed by atoms with E-state index in [4.69, 9.17) is 10.00 Å². The molecule has 0 bridgehead atoms. The minimum Gasteiger partial charge on any atom is -0.379 e. The Bertz CT molecular complexity index is 221. The van der Waals surface area contributed by atoms with Crippen molar-refractivity contribution in [3.63, 3.8) is 0 Å². The van der Waals surface area contributed by atoms with E-state index in [-0.39, 0.29) is 0 Å². The van der Waals surface area contributed by atoms with Crippen molar-refractivity contribution in [2.45, 2.75) is 51.2 Å². The maximum Gasteiger partial charge on any atom is 0.0638 e. The molecule has 3 unspecified atom stereocenters. The van der Waals surface area contributed by atoms with Gasteiger partial charge in [-0.25, -0.2) is 0 Å². The van der Waals surface area contributed by atoms with Crippen LogP contribution in [0, 0.1) is 11.3 Å². The summed E-state index contributed by atoms with van der Waals surface area (Å²) in [6.07, 6.45) is 2.66. The largest absolute Gasteiger partial charge is 0.379 e. The average molecular weight is 225 g/mol. The molecule has 1 aliphatic heterocycles. The van der Waals surface area contributed by atoms with Crippen LogP contribution in [0.4, 0.5) is 0 Å². The third-order valence-electron chi connectivity index (χ3n) is 2.99. The second kappa shape index (κ2) is 7.61. The number of morpholine rings is 1. The summed E-state index contributed by atoms with van der Waals surface area (Å²) in [5.41, 5.74) is 0. The van der Waals surface area contributed by atoms with Crippen LogP contribution in [0.25, 0.3) is 0 Å². The van der Waals surface area contributed by atoms with E-state index in [1.807, 2.05) is 0 Å². The molecule has 16 heavy (non-hydrogen) atoms. The molecule has 0 aliphatic carbocycles. The zero-order valence-electron chi connectivity index (χ0n) is 10.3. The molecule has 0 amide bonds. The lowest BCUT2D eigenvalue weighted by atomic mass is 10.1. The van der Waals surface area contributed by atoms with E-state index in [1.54, 1.807) is 0 Å². The molecule has 0 aromatic rings. The van der Waals surface area contributed by atoms with E-state index >= 15 is 0 Å². The summed E-state index contributed by atoms with van der Waals surface area (Å²) in [5.74, 6) is 0. The van der Waals surface area contributed by atoms with Gasteiger partial charge < -0.3 is 15.4 Å². The van der Waals surface area contributed by atoms with Gasteiger partial charge in [0, 0.05) is 24.7 Å². The lowest BCUT2D eigenvalue weighted by Gasteiger charge is -2.28. The Morgan fingerprint density at radius 2 is 2.44 bits per heavy atom. The van der Waals surface area contributed by atoms with Gasteiger partial charge in [0.2, 0.25) is 0 Å². The number of rotatable bonds is 6. The van der Waals surface area contributed by atoms with Crippen LogP contribution in [-0.4, -0.2) is 37.9 Å². The zero-order chi connectivity index (χ0) is 11.8. The third-order valence-corrected chi connectivity index (χ3v) is 2.99. The molecule has 1 saturated heterocycles. The van der Waals surface area contributed by atoms with Crippen molar-refractivity contribution in [1.82, 2.24) is 10.6 Å². The van der Waals surface area contributed by atoms with Gasteiger partial charge in [-0.2, -0.15) is 5.26 Å². The number of hydrogen-bond acceptors (Lipinski definition) is 4. The molecule has 0 spiro atoms. The Morgan fingerprint density at radius 1 is 1.62 bits per heavy atom. The Kier molecular flexibility index (Phi) is 6.39. The number of nitrogens with one attached hydrogen (secondary N) is 2. The van der Waals surface area contributed by atoms with Crippen molar-refractivity contribution < 1.29 is 4.74 Å². The van der Waals surface area contributed by atoms with Gasteiger partial charge in [0.1, 0.15) is 0 Å². The Hall–Kier alpha value is -0.630. The quantitative estimate of drug-likeness (QED) is 0.709. The molecule has 92 valence electrons. The molecule has 1 fully saturated rings. The highest BCUT2D eigenvalue weighted by atomic mass is 16.5. The van der Waals surface area contributed by atoms with Crippen LogP contribution in [0.15, 0.2) is 0 Å². The molecule has 0 saturated carbocycles. The van der Waals surface area contributed by atoms with Gasteiger partial charge in [0.15, 0.2) is 0 Å². The standard InChI is InChI=1S/C12H23N3O/c1-3-11(4-5-13)15-10(2)8-12-9-16-7-6-14-12/h10-12,14-15H,3-4,6-9H2,1-2H3. The van der Waals surface area contributed by atoms with Gasteiger partial charge >= 0.3 is 0 Å². The molecular formula is C12H23N3O. The van der Waals surface area contributed by atoms with Crippen molar-refractivity contribution in [1.29, 1.82) is 5.26 Å². The summed E-state index contributed by atoms with van der Waals surface area (Å²) >= 11 is 0. The van der Waals surface area contributed by atoms with Gasteiger partial charge in [0.25, 0.3) is 0 Å². The van der Waals surface area contributed by atoms with Crippen molar-refractivity contribution >= 4 is 0 Å². The van der Waals surface area contributed by atoms with Crippen molar-refractivity contribution in [3.8, 4) is 6.07 Å². The number of ether oxygens (including phenoxy) is 1. The zero-order valence-corrected chi connectivity index (χ0v) is 10.3. The summed E-state index contributed by atoms with van der Waals surface area (Å²) in [6, 6.07) is 3.43. The van der Waals surface area contributed by atoms with Crippen LogP contribution < -0.4 is 10.6 Å². The first kappa shape index (κ1) is 13.4. The van der Waals surface area contributed by atoms with E-state index in [0.717, 1.165) is 32.6 Å². The molecule has 0 aromatic heterocycles. The molecule has 2 N–H and O–H groups in total. The maximum atomic E-state index is 8.68. The fourth-order valence-corrected chi connectivity index (χ4v) is 2.10. The monoisotopic (exact) mass is 225 g/mol. The van der Waals surface area contributed by atoms with E-state index in [2.05, 4.69) is 30.6 Å².